The van der Waals surface area contributed by atoms with E-state index in [9.17, 15) is 43.2 Å². The molecule has 0 heterocycles. The van der Waals surface area contributed by atoms with Crippen molar-refractivity contribution in [3.63, 3.8) is 0 Å². The van der Waals surface area contributed by atoms with Gasteiger partial charge in [0.05, 0.1) is 26.4 Å². The van der Waals surface area contributed by atoms with Crippen molar-refractivity contribution in [3.05, 3.63) is 0 Å². The summed E-state index contributed by atoms with van der Waals surface area (Å²) < 4.78 is 67.9. The van der Waals surface area contributed by atoms with Gasteiger partial charge in [0.15, 0.2) is 12.2 Å². The molecule has 3 unspecified atom stereocenters. The molecule has 0 aliphatic rings. The molecular weight excluding hydrogens is 1100 g/mol. The Kier molecular flexibility index (Phi) is 53.0. The molecule has 0 saturated heterocycles. The zero-order valence-corrected chi connectivity index (χ0v) is 55.6. The smallest absolute Gasteiger partial charge is 0.462 e. The van der Waals surface area contributed by atoms with E-state index in [1.165, 1.54) is 96.3 Å². The summed E-state index contributed by atoms with van der Waals surface area (Å²) in [6.07, 6.45) is 33.9. The van der Waals surface area contributed by atoms with Crippen LogP contribution in [0, 0.1) is 23.7 Å². The lowest BCUT2D eigenvalue weighted by Gasteiger charge is -2.21. The number of hydrogen-bond donors (Lipinski definition) is 3. The second-order valence-corrected chi connectivity index (χ2v) is 28.0. The molecule has 0 aromatic carbocycles. The number of esters is 4. The zero-order valence-electron chi connectivity index (χ0n) is 53.8. The van der Waals surface area contributed by atoms with Crippen molar-refractivity contribution in [2.24, 2.45) is 23.7 Å². The summed E-state index contributed by atoms with van der Waals surface area (Å²) >= 11 is 0. The topological polar surface area (TPSA) is 237 Å². The summed E-state index contributed by atoms with van der Waals surface area (Å²) in [6.45, 7) is 13.9. The average Bonchev–Trinajstić information content (AvgIpc) is 3.44. The fraction of sp³-hybridized carbons (Fsp3) is 0.938. The van der Waals surface area contributed by atoms with Gasteiger partial charge in [-0.3, -0.25) is 37.3 Å². The predicted octanol–water partition coefficient (Wildman–Crippen LogP) is 17.4. The molecule has 19 heteroatoms. The molecule has 0 spiro atoms. The minimum absolute atomic E-state index is 0.100. The summed E-state index contributed by atoms with van der Waals surface area (Å²) in [5.41, 5.74) is 0. The Bertz CT molecular complexity index is 1660. The molecule has 83 heavy (non-hydrogen) atoms. The standard InChI is InChI=1S/C64H124O17P2/c1-54(2)40-32-24-16-13-11-9-10-12-14-18-30-38-46-63(68)80-59(50-74-61(66)44-36-28-19-15-17-25-33-41-55(3)4)52-78-82(70,71)76-48-58(65)49-77-83(72,73)79-53-60(81-64(69)47-39-31-23-21-27-35-43-57(7)8)51-75-62(67)45-37-29-22-20-26-34-42-56(5)6/h54-60,65H,9-53H2,1-8H3,(H,70,71)(H,72,73)/t58?,59-,60-/m1/s1. The van der Waals surface area contributed by atoms with Gasteiger partial charge in [-0.25, -0.2) is 9.13 Å². The monoisotopic (exact) mass is 1230 g/mol. The molecule has 492 valence electrons. The number of aliphatic hydroxyl groups is 1. The summed E-state index contributed by atoms with van der Waals surface area (Å²) in [6, 6.07) is 0. The van der Waals surface area contributed by atoms with Crippen LogP contribution in [0.5, 0.6) is 0 Å². The Morgan fingerprint density at radius 2 is 0.506 bits per heavy atom. The van der Waals surface area contributed by atoms with E-state index in [2.05, 4.69) is 55.4 Å². The van der Waals surface area contributed by atoms with Crippen LogP contribution in [0.1, 0.15) is 306 Å². The second-order valence-electron chi connectivity index (χ2n) is 25.1. The Morgan fingerprint density at radius 1 is 0.301 bits per heavy atom. The average molecular weight is 1230 g/mol. The number of hydrogen-bond acceptors (Lipinski definition) is 15. The van der Waals surface area contributed by atoms with E-state index in [1.54, 1.807) is 0 Å². The third-order valence-electron chi connectivity index (χ3n) is 14.6. The molecule has 0 bridgehead atoms. The molecule has 0 rings (SSSR count). The molecule has 0 radical (unpaired) electrons. The van der Waals surface area contributed by atoms with E-state index in [-0.39, 0.29) is 25.7 Å². The number of unbranched alkanes of at least 4 members (excludes halogenated alkanes) is 27. The minimum atomic E-state index is -4.95. The number of phosphoric ester groups is 2. The van der Waals surface area contributed by atoms with E-state index >= 15 is 0 Å². The third-order valence-corrected chi connectivity index (χ3v) is 16.5. The molecule has 0 aromatic rings. The van der Waals surface area contributed by atoms with Crippen LogP contribution >= 0.6 is 15.6 Å². The number of carbonyl (C=O) groups excluding carboxylic acids is 4. The summed E-state index contributed by atoms with van der Waals surface area (Å²) in [7, 11) is -9.89. The molecule has 0 saturated carbocycles. The van der Waals surface area contributed by atoms with Gasteiger partial charge < -0.3 is 33.8 Å². The first-order chi connectivity index (χ1) is 39.6. The van der Waals surface area contributed by atoms with Crippen molar-refractivity contribution in [3.8, 4) is 0 Å². The fourth-order valence-electron chi connectivity index (χ4n) is 9.43. The lowest BCUT2D eigenvalue weighted by atomic mass is 10.0. The van der Waals surface area contributed by atoms with Crippen molar-refractivity contribution in [2.75, 3.05) is 39.6 Å². The van der Waals surface area contributed by atoms with E-state index in [0.717, 1.165) is 109 Å². The van der Waals surface area contributed by atoms with Crippen molar-refractivity contribution < 1.29 is 80.2 Å². The first-order valence-electron chi connectivity index (χ1n) is 33.2. The van der Waals surface area contributed by atoms with Crippen LogP contribution in [-0.4, -0.2) is 96.7 Å². The molecule has 17 nitrogen and oxygen atoms in total. The van der Waals surface area contributed by atoms with Gasteiger partial charge in [0.25, 0.3) is 0 Å². The molecule has 0 aliphatic heterocycles. The van der Waals surface area contributed by atoms with Crippen molar-refractivity contribution in [1.29, 1.82) is 0 Å². The highest BCUT2D eigenvalue weighted by Crippen LogP contribution is 2.45. The molecular formula is C64H124O17P2. The van der Waals surface area contributed by atoms with Crippen LogP contribution in [0.3, 0.4) is 0 Å². The van der Waals surface area contributed by atoms with Crippen LogP contribution < -0.4 is 0 Å². The lowest BCUT2D eigenvalue weighted by Crippen LogP contribution is -2.30. The highest BCUT2D eigenvalue weighted by molar-refractivity contribution is 7.47. The van der Waals surface area contributed by atoms with E-state index in [1.807, 2.05) is 0 Å². The maximum absolute atomic E-state index is 13.0. The summed E-state index contributed by atoms with van der Waals surface area (Å²) in [4.78, 5) is 72.1. The number of carbonyl (C=O) groups is 4. The van der Waals surface area contributed by atoms with E-state index < -0.39 is 97.5 Å². The highest BCUT2D eigenvalue weighted by atomic mass is 31.2. The van der Waals surface area contributed by atoms with Crippen LogP contribution in [0.4, 0.5) is 0 Å². The highest BCUT2D eigenvalue weighted by Gasteiger charge is 2.30. The Labute approximate surface area is 505 Å². The number of ether oxygens (including phenoxy) is 4. The third kappa shape index (κ3) is 58.8. The van der Waals surface area contributed by atoms with Gasteiger partial charge in [-0.2, -0.15) is 0 Å². The van der Waals surface area contributed by atoms with Crippen molar-refractivity contribution >= 4 is 39.5 Å². The van der Waals surface area contributed by atoms with Crippen LogP contribution in [0.2, 0.25) is 0 Å². The molecule has 0 fully saturated rings. The van der Waals surface area contributed by atoms with Gasteiger partial charge in [-0.1, -0.05) is 254 Å². The Balaban J connectivity index is 5.23. The fourth-order valence-corrected chi connectivity index (χ4v) is 11.0. The van der Waals surface area contributed by atoms with Gasteiger partial charge in [0, 0.05) is 25.7 Å². The van der Waals surface area contributed by atoms with Crippen LogP contribution in [-0.2, 0) is 65.4 Å². The lowest BCUT2D eigenvalue weighted by molar-refractivity contribution is -0.161. The maximum atomic E-state index is 13.0. The SMILES string of the molecule is CC(C)CCCCCCCCCCCCCCC(=O)O[C@H](COC(=O)CCCCCCCCCC(C)C)COP(=O)(O)OCC(O)COP(=O)(O)OC[C@@H](COC(=O)CCCCCCCCC(C)C)OC(=O)CCCCCCCCC(C)C. The normalized spacial score (nSPS) is 14.4. The van der Waals surface area contributed by atoms with Gasteiger partial charge in [-0.05, 0) is 49.4 Å². The Hall–Kier alpha value is -1.94. The quantitative estimate of drug-likeness (QED) is 0.0222. The largest absolute Gasteiger partial charge is 0.472 e. The second kappa shape index (κ2) is 54.2. The Morgan fingerprint density at radius 3 is 0.747 bits per heavy atom. The van der Waals surface area contributed by atoms with Gasteiger partial charge >= 0.3 is 39.5 Å². The molecule has 0 aliphatic carbocycles. The van der Waals surface area contributed by atoms with E-state index in [0.29, 0.717) is 43.4 Å². The van der Waals surface area contributed by atoms with Gasteiger partial charge in [0.1, 0.15) is 19.3 Å². The molecule has 0 amide bonds. The molecule has 5 atom stereocenters. The number of aliphatic hydroxyl groups excluding tert-OH is 1. The van der Waals surface area contributed by atoms with Crippen molar-refractivity contribution in [1.82, 2.24) is 0 Å². The zero-order chi connectivity index (χ0) is 61.8. The first kappa shape index (κ1) is 81.1. The number of rotatable bonds is 61. The van der Waals surface area contributed by atoms with E-state index in [4.69, 9.17) is 37.0 Å². The van der Waals surface area contributed by atoms with Gasteiger partial charge in [0.2, 0.25) is 0 Å². The van der Waals surface area contributed by atoms with Crippen LogP contribution in [0.25, 0.3) is 0 Å². The number of phosphoric acid groups is 2. The summed E-state index contributed by atoms with van der Waals surface area (Å²) in [5, 5.41) is 10.5. The molecule has 0 aromatic heterocycles. The summed E-state index contributed by atoms with van der Waals surface area (Å²) in [5.74, 6) is 0.686. The molecule has 3 N–H and O–H groups in total. The predicted molar refractivity (Wildman–Crippen MR) is 331 cm³/mol. The van der Waals surface area contributed by atoms with Crippen LogP contribution in [0.15, 0.2) is 0 Å². The maximum Gasteiger partial charge on any atom is 0.472 e. The van der Waals surface area contributed by atoms with Gasteiger partial charge in [-0.15, -0.1) is 0 Å². The van der Waals surface area contributed by atoms with Crippen molar-refractivity contribution in [2.45, 2.75) is 324 Å². The minimum Gasteiger partial charge on any atom is -0.462 e. The first-order valence-corrected chi connectivity index (χ1v) is 36.2.